The summed E-state index contributed by atoms with van der Waals surface area (Å²) in [5.41, 5.74) is 10.00. The molecule has 2 aromatic rings. The summed E-state index contributed by atoms with van der Waals surface area (Å²) in [5, 5.41) is 0.828. The Labute approximate surface area is 119 Å². The Morgan fingerprint density at radius 2 is 1.79 bits per heavy atom. The zero-order chi connectivity index (χ0) is 13.8. The lowest BCUT2D eigenvalue weighted by Crippen LogP contribution is -2.22. The Hall–Kier alpha value is -1.67. The van der Waals surface area contributed by atoms with Crippen LogP contribution in [0.15, 0.2) is 42.5 Å². The van der Waals surface area contributed by atoms with Crippen LogP contribution < -0.4 is 10.6 Å². The van der Waals surface area contributed by atoms with E-state index in [1.807, 2.05) is 37.3 Å². The van der Waals surface area contributed by atoms with Crippen molar-refractivity contribution in [1.29, 1.82) is 0 Å². The molecule has 0 atom stereocenters. The lowest BCUT2D eigenvalue weighted by atomic mass is 10.1. The van der Waals surface area contributed by atoms with Gasteiger partial charge in [0.25, 0.3) is 0 Å². The third-order valence-corrected chi connectivity index (χ3v) is 3.56. The summed E-state index contributed by atoms with van der Waals surface area (Å²) in [7, 11) is 0. The van der Waals surface area contributed by atoms with Gasteiger partial charge in [0.1, 0.15) is 0 Å². The van der Waals surface area contributed by atoms with E-state index >= 15 is 0 Å². The second-order valence-corrected chi connectivity index (χ2v) is 5.11. The second-order valence-electron chi connectivity index (χ2n) is 4.70. The molecule has 100 valence electrons. The molecule has 0 radical (unpaired) electrons. The van der Waals surface area contributed by atoms with Crippen LogP contribution in [-0.2, 0) is 6.54 Å². The van der Waals surface area contributed by atoms with Gasteiger partial charge in [-0.1, -0.05) is 23.7 Å². The molecule has 0 saturated heterocycles. The molecule has 0 unspecified atom stereocenters. The van der Waals surface area contributed by atoms with Crippen molar-refractivity contribution in [1.82, 2.24) is 0 Å². The van der Waals surface area contributed by atoms with E-state index in [-0.39, 0.29) is 0 Å². The first-order valence-electron chi connectivity index (χ1n) is 6.45. The van der Waals surface area contributed by atoms with Crippen LogP contribution in [0.4, 0.5) is 11.4 Å². The normalized spacial score (nSPS) is 10.5. The van der Waals surface area contributed by atoms with E-state index in [2.05, 4.69) is 24.0 Å². The number of halogens is 1. The van der Waals surface area contributed by atoms with E-state index in [4.69, 9.17) is 17.3 Å². The molecule has 0 aliphatic heterocycles. The number of nitrogens with zero attached hydrogens (tertiary/aromatic N) is 1. The summed E-state index contributed by atoms with van der Waals surface area (Å²) in [6.07, 6.45) is 0. The molecule has 0 fully saturated rings. The quantitative estimate of drug-likeness (QED) is 0.844. The summed E-state index contributed by atoms with van der Waals surface area (Å²) < 4.78 is 0. The average Bonchev–Trinajstić information content (AvgIpc) is 2.39. The zero-order valence-electron chi connectivity index (χ0n) is 11.4. The Morgan fingerprint density at radius 1 is 1.11 bits per heavy atom. The van der Waals surface area contributed by atoms with E-state index in [1.165, 1.54) is 5.56 Å². The number of anilines is 2. The first-order valence-corrected chi connectivity index (χ1v) is 6.83. The van der Waals surface area contributed by atoms with Crippen molar-refractivity contribution < 1.29 is 0 Å². The van der Waals surface area contributed by atoms with Gasteiger partial charge in [-0.3, -0.25) is 0 Å². The first kappa shape index (κ1) is 13.8. The summed E-state index contributed by atoms with van der Waals surface area (Å²) in [5.74, 6) is 0. The van der Waals surface area contributed by atoms with Gasteiger partial charge in [0.05, 0.1) is 0 Å². The fraction of sp³-hybridized carbons (Fsp3) is 0.250. The summed E-state index contributed by atoms with van der Waals surface area (Å²) >= 11 is 6.30. The molecule has 0 spiro atoms. The van der Waals surface area contributed by atoms with Crippen LogP contribution in [0.1, 0.15) is 18.1 Å². The van der Waals surface area contributed by atoms with Gasteiger partial charge in [0.15, 0.2) is 0 Å². The highest BCUT2D eigenvalue weighted by atomic mass is 35.5. The molecule has 0 aliphatic carbocycles. The van der Waals surface area contributed by atoms with Crippen molar-refractivity contribution in [2.45, 2.75) is 20.4 Å². The molecule has 2 nitrogen and oxygen atoms in total. The van der Waals surface area contributed by atoms with Gasteiger partial charge in [-0.2, -0.15) is 0 Å². The van der Waals surface area contributed by atoms with Crippen molar-refractivity contribution >= 4 is 23.0 Å². The van der Waals surface area contributed by atoms with Gasteiger partial charge in [0.2, 0.25) is 0 Å². The van der Waals surface area contributed by atoms with Crippen molar-refractivity contribution in [3.05, 3.63) is 58.6 Å². The third kappa shape index (κ3) is 3.42. The number of nitrogens with two attached hydrogens (primary N) is 1. The highest BCUT2D eigenvalue weighted by Crippen LogP contribution is 2.23. The van der Waals surface area contributed by atoms with Crippen LogP contribution in [0.5, 0.6) is 0 Å². The maximum atomic E-state index is 6.30. The Bertz CT molecular complexity index is 549. The Kier molecular flexibility index (Phi) is 4.33. The van der Waals surface area contributed by atoms with E-state index in [0.717, 1.165) is 35.1 Å². The van der Waals surface area contributed by atoms with Crippen LogP contribution in [0.25, 0.3) is 0 Å². The fourth-order valence-electron chi connectivity index (χ4n) is 2.06. The number of hydrogen-bond donors (Lipinski definition) is 1. The van der Waals surface area contributed by atoms with Crippen molar-refractivity contribution in [2.24, 2.45) is 0 Å². The Balaban J connectivity index is 2.21. The molecular formula is C16H19ClN2. The standard InChI is InChI=1S/C16H19ClN2/c1-3-19(15-8-6-14(18)7-9-15)11-13-5-4-12(2)10-16(13)17/h4-10H,3,11,18H2,1-2H3. The number of benzene rings is 2. The van der Waals surface area contributed by atoms with Gasteiger partial charge in [-0.05, 0) is 55.3 Å². The van der Waals surface area contributed by atoms with E-state index in [9.17, 15) is 0 Å². The number of rotatable bonds is 4. The van der Waals surface area contributed by atoms with Crippen LogP contribution >= 0.6 is 11.6 Å². The lowest BCUT2D eigenvalue weighted by Gasteiger charge is -2.24. The minimum atomic E-state index is 0.785. The number of nitrogen functional groups attached to an aromatic ring is 1. The molecule has 0 amide bonds. The first-order chi connectivity index (χ1) is 9.10. The monoisotopic (exact) mass is 274 g/mol. The predicted octanol–water partition coefficient (Wildman–Crippen LogP) is 4.26. The molecule has 2 rings (SSSR count). The molecule has 19 heavy (non-hydrogen) atoms. The molecule has 3 heteroatoms. The van der Waals surface area contributed by atoms with Crippen molar-refractivity contribution in [3.8, 4) is 0 Å². The van der Waals surface area contributed by atoms with Gasteiger partial charge in [0, 0.05) is 29.5 Å². The minimum absolute atomic E-state index is 0.785. The maximum absolute atomic E-state index is 6.30. The van der Waals surface area contributed by atoms with Gasteiger partial charge in [-0.15, -0.1) is 0 Å². The van der Waals surface area contributed by atoms with E-state index < -0.39 is 0 Å². The molecule has 0 saturated carbocycles. The molecule has 2 aromatic carbocycles. The lowest BCUT2D eigenvalue weighted by molar-refractivity contribution is 0.832. The van der Waals surface area contributed by atoms with Gasteiger partial charge >= 0.3 is 0 Å². The van der Waals surface area contributed by atoms with Crippen LogP contribution in [0, 0.1) is 6.92 Å². The Morgan fingerprint density at radius 3 is 2.37 bits per heavy atom. The summed E-state index contributed by atoms with van der Waals surface area (Å²) in [4.78, 5) is 2.27. The van der Waals surface area contributed by atoms with Gasteiger partial charge < -0.3 is 10.6 Å². The maximum Gasteiger partial charge on any atom is 0.0458 e. The summed E-state index contributed by atoms with van der Waals surface area (Å²) in [6.45, 7) is 5.92. The smallest absolute Gasteiger partial charge is 0.0458 e. The molecular weight excluding hydrogens is 256 g/mol. The van der Waals surface area contributed by atoms with E-state index in [0.29, 0.717) is 0 Å². The largest absolute Gasteiger partial charge is 0.399 e. The molecule has 0 aromatic heterocycles. The second kappa shape index (κ2) is 5.98. The van der Waals surface area contributed by atoms with Gasteiger partial charge in [-0.25, -0.2) is 0 Å². The van der Waals surface area contributed by atoms with Crippen LogP contribution in [-0.4, -0.2) is 6.54 Å². The summed E-state index contributed by atoms with van der Waals surface area (Å²) in [6, 6.07) is 14.1. The zero-order valence-corrected chi connectivity index (χ0v) is 12.1. The fourth-order valence-corrected chi connectivity index (χ4v) is 2.35. The van der Waals surface area contributed by atoms with Crippen LogP contribution in [0.3, 0.4) is 0 Å². The molecule has 0 heterocycles. The highest BCUT2D eigenvalue weighted by Gasteiger charge is 2.08. The third-order valence-electron chi connectivity index (χ3n) is 3.21. The molecule has 0 aliphatic rings. The average molecular weight is 275 g/mol. The van der Waals surface area contributed by atoms with Crippen molar-refractivity contribution in [2.75, 3.05) is 17.2 Å². The minimum Gasteiger partial charge on any atom is -0.399 e. The molecule has 0 bridgehead atoms. The van der Waals surface area contributed by atoms with Crippen LogP contribution in [0.2, 0.25) is 5.02 Å². The van der Waals surface area contributed by atoms with E-state index in [1.54, 1.807) is 0 Å². The topological polar surface area (TPSA) is 29.3 Å². The molecule has 2 N–H and O–H groups in total. The predicted molar refractivity (Wildman–Crippen MR) is 83.8 cm³/mol. The SMILES string of the molecule is CCN(Cc1ccc(C)cc1Cl)c1ccc(N)cc1. The highest BCUT2D eigenvalue weighted by molar-refractivity contribution is 6.31. The number of hydrogen-bond acceptors (Lipinski definition) is 2. The van der Waals surface area contributed by atoms with Crippen molar-refractivity contribution in [3.63, 3.8) is 0 Å². The number of aryl methyl sites for hydroxylation is 1.